The predicted molar refractivity (Wildman–Crippen MR) is 77.7 cm³/mol. The molecule has 1 N–H and O–H groups in total. The lowest BCUT2D eigenvalue weighted by Crippen LogP contribution is -2.19. The smallest absolute Gasteiger partial charge is 0.124 e. The van der Waals surface area contributed by atoms with Gasteiger partial charge in [0.25, 0.3) is 0 Å². The molecular weight excluding hydrogens is 309 g/mol. The van der Waals surface area contributed by atoms with E-state index in [1.165, 1.54) is 6.07 Å². The Morgan fingerprint density at radius 1 is 1.37 bits per heavy atom. The molecule has 0 fully saturated rings. The van der Waals surface area contributed by atoms with Crippen molar-refractivity contribution in [1.29, 1.82) is 0 Å². The van der Waals surface area contributed by atoms with Crippen molar-refractivity contribution in [3.8, 4) is 0 Å². The molecule has 0 aliphatic carbocycles. The van der Waals surface area contributed by atoms with Crippen molar-refractivity contribution in [1.82, 2.24) is 5.32 Å². The number of rotatable bonds is 5. The van der Waals surface area contributed by atoms with Crippen molar-refractivity contribution < 1.29 is 8.81 Å². The molecule has 1 atom stereocenters. The van der Waals surface area contributed by atoms with Crippen molar-refractivity contribution in [2.24, 2.45) is 0 Å². The fourth-order valence-electron chi connectivity index (χ4n) is 2.28. The van der Waals surface area contributed by atoms with Crippen LogP contribution in [0.5, 0.6) is 0 Å². The van der Waals surface area contributed by atoms with Gasteiger partial charge in [0.05, 0.1) is 6.26 Å². The second-order valence-electron chi connectivity index (χ2n) is 4.48. The lowest BCUT2D eigenvalue weighted by Gasteiger charge is -2.16. The molecule has 2 aromatic rings. The zero-order chi connectivity index (χ0) is 13.8. The highest BCUT2D eigenvalue weighted by atomic mass is 79.9. The molecular formula is C15H17BrFNO. The normalized spacial score (nSPS) is 12.6. The lowest BCUT2D eigenvalue weighted by molar-refractivity contribution is 0.495. The van der Waals surface area contributed by atoms with Crippen molar-refractivity contribution >= 4 is 15.9 Å². The predicted octanol–water partition coefficient (Wildman–Crippen LogP) is 4.25. The molecule has 0 radical (unpaired) electrons. The maximum atomic E-state index is 13.4. The fraction of sp³-hybridized carbons (Fsp3) is 0.333. The largest absolute Gasteiger partial charge is 0.469 e. The summed E-state index contributed by atoms with van der Waals surface area (Å²) in [6.07, 6.45) is 3.28. The Morgan fingerprint density at radius 2 is 2.16 bits per heavy atom. The van der Waals surface area contributed by atoms with Gasteiger partial charge in [0.2, 0.25) is 0 Å². The van der Waals surface area contributed by atoms with Crippen LogP contribution in [0.15, 0.2) is 39.4 Å². The van der Waals surface area contributed by atoms with Gasteiger partial charge in [-0.2, -0.15) is 0 Å². The molecule has 1 aromatic heterocycles. The number of nitrogens with one attached hydrogen (secondary N) is 1. The highest BCUT2D eigenvalue weighted by molar-refractivity contribution is 9.10. The Morgan fingerprint density at radius 3 is 2.79 bits per heavy atom. The summed E-state index contributed by atoms with van der Waals surface area (Å²) < 4.78 is 19.6. The molecule has 0 amide bonds. The zero-order valence-electron chi connectivity index (χ0n) is 11.0. The summed E-state index contributed by atoms with van der Waals surface area (Å²) in [6.45, 7) is 2.06. The maximum absolute atomic E-state index is 13.4. The molecule has 19 heavy (non-hydrogen) atoms. The van der Waals surface area contributed by atoms with E-state index < -0.39 is 0 Å². The van der Waals surface area contributed by atoms with E-state index in [2.05, 4.69) is 28.2 Å². The van der Waals surface area contributed by atoms with Crippen LogP contribution in [0.2, 0.25) is 0 Å². The Bertz CT molecular complexity index is 533. The Labute approximate surface area is 121 Å². The van der Waals surface area contributed by atoms with Crippen molar-refractivity contribution in [3.63, 3.8) is 0 Å². The molecule has 0 aliphatic heterocycles. The van der Waals surface area contributed by atoms with Crippen molar-refractivity contribution in [2.45, 2.75) is 25.8 Å². The SMILES string of the molecule is CCc1occc1C(Cc1cc(F)cc(Br)c1)NC. The second kappa shape index (κ2) is 6.35. The van der Waals surface area contributed by atoms with Gasteiger partial charge in [0.15, 0.2) is 0 Å². The molecule has 0 bridgehead atoms. The van der Waals surface area contributed by atoms with Gasteiger partial charge in [-0.25, -0.2) is 4.39 Å². The van der Waals surface area contributed by atoms with E-state index in [-0.39, 0.29) is 11.9 Å². The van der Waals surface area contributed by atoms with E-state index in [4.69, 9.17) is 4.42 Å². The first-order chi connectivity index (χ1) is 9.13. The molecule has 102 valence electrons. The van der Waals surface area contributed by atoms with Gasteiger partial charge in [-0.3, -0.25) is 0 Å². The maximum Gasteiger partial charge on any atom is 0.124 e. The van der Waals surface area contributed by atoms with Crippen LogP contribution in [0.25, 0.3) is 0 Å². The molecule has 0 aliphatic rings. The minimum Gasteiger partial charge on any atom is -0.469 e. The first-order valence-electron chi connectivity index (χ1n) is 6.32. The summed E-state index contributed by atoms with van der Waals surface area (Å²) in [5, 5.41) is 3.27. The van der Waals surface area contributed by atoms with E-state index in [9.17, 15) is 4.39 Å². The minimum atomic E-state index is -0.220. The van der Waals surface area contributed by atoms with Gasteiger partial charge in [0, 0.05) is 22.5 Å². The van der Waals surface area contributed by atoms with Crippen LogP contribution in [0.1, 0.15) is 29.9 Å². The highest BCUT2D eigenvalue weighted by Gasteiger charge is 2.16. The Kier molecular flexibility index (Phi) is 4.77. The van der Waals surface area contributed by atoms with Crippen molar-refractivity contribution in [2.75, 3.05) is 7.05 Å². The first kappa shape index (κ1) is 14.3. The number of furan rings is 1. The van der Waals surface area contributed by atoms with Crippen LogP contribution in [-0.4, -0.2) is 7.05 Å². The van der Waals surface area contributed by atoms with Crippen LogP contribution in [0, 0.1) is 5.82 Å². The summed E-state index contributed by atoms with van der Waals surface area (Å²) in [6, 6.07) is 7.09. The number of benzene rings is 1. The van der Waals surface area contributed by atoms with Crippen molar-refractivity contribution in [3.05, 3.63) is 57.7 Å². The third-order valence-electron chi connectivity index (χ3n) is 3.19. The quantitative estimate of drug-likeness (QED) is 0.889. The Hall–Kier alpha value is -1.13. The molecule has 2 nitrogen and oxygen atoms in total. The average Bonchev–Trinajstić information content (AvgIpc) is 2.82. The summed E-state index contributed by atoms with van der Waals surface area (Å²) in [7, 11) is 1.91. The fourth-order valence-corrected chi connectivity index (χ4v) is 2.79. The van der Waals surface area contributed by atoms with E-state index in [0.29, 0.717) is 0 Å². The summed E-state index contributed by atoms with van der Waals surface area (Å²) in [4.78, 5) is 0. The first-order valence-corrected chi connectivity index (χ1v) is 7.11. The lowest BCUT2D eigenvalue weighted by atomic mass is 9.98. The molecule has 1 unspecified atom stereocenters. The zero-order valence-corrected chi connectivity index (χ0v) is 12.6. The van der Waals surface area contributed by atoms with E-state index >= 15 is 0 Å². The Balaban J connectivity index is 2.24. The molecule has 1 heterocycles. The number of likely N-dealkylation sites (N-methyl/N-ethyl adjacent to an activating group) is 1. The monoisotopic (exact) mass is 325 g/mol. The summed E-state index contributed by atoms with van der Waals surface area (Å²) >= 11 is 3.32. The average molecular weight is 326 g/mol. The van der Waals surface area contributed by atoms with Crippen LogP contribution in [0.3, 0.4) is 0 Å². The summed E-state index contributed by atoms with van der Waals surface area (Å²) in [5.41, 5.74) is 2.10. The molecule has 2 rings (SSSR count). The van der Waals surface area contributed by atoms with Crippen LogP contribution >= 0.6 is 15.9 Å². The van der Waals surface area contributed by atoms with Gasteiger partial charge in [-0.1, -0.05) is 22.9 Å². The van der Waals surface area contributed by atoms with Crippen LogP contribution in [-0.2, 0) is 12.8 Å². The van der Waals surface area contributed by atoms with Gasteiger partial charge < -0.3 is 9.73 Å². The third-order valence-corrected chi connectivity index (χ3v) is 3.64. The molecule has 1 aromatic carbocycles. The van der Waals surface area contributed by atoms with Gasteiger partial charge in [0.1, 0.15) is 11.6 Å². The van der Waals surface area contributed by atoms with Gasteiger partial charge in [-0.15, -0.1) is 0 Å². The van der Waals surface area contributed by atoms with Gasteiger partial charge >= 0.3 is 0 Å². The standard InChI is InChI=1S/C15H17BrFNO/c1-3-15-13(4-5-19-15)14(18-2)8-10-6-11(16)9-12(17)7-10/h4-7,9,14,18H,3,8H2,1-2H3. The van der Waals surface area contributed by atoms with Gasteiger partial charge in [-0.05, 0) is 43.3 Å². The molecule has 0 saturated carbocycles. The summed E-state index contributed by atoms with van der Waals surface area (Å²) in [5.74, 6) is 0.761. The van der Waals surface area contributed by atoms with E-state index in [1.54, 1.807) is 12.3 Å². The van der Waals surface area contributed by atoms with E-state index in [1.807, 2.05) is 19.2 Å². The molecule has 4 heteroatoms. The number of halogens is 2. The second-order valence-corrected chi connectivity index (χ2v) is 5.39. The van der Waals surface area contributed by atoms with Crippen LogP contribution < -0.4 is 5.32 Å². The molecule has 0 spiro atoms. The third kappa shape index (κ3) is 3.45. The van der Waals surface area contributed by atoms with Crippen LogP contribution in [0.4, 0.5) is 4.39 Å². The number of aryl methyl sites for hydroxylation is 1. The minimum absolute atomic E-state index is 0.127. The topological polar surface area (TPSA) is 25.2 Å². The van der Waals surface area contributed by atoms with E-state index in [0.717, 1.165) is 34.2 Å². The highest BCUT2D eigenvalue weighted by Crippen LogP contribution is 2.25. The number of hydrogen-bond acceptors (Lipinski definition) is 2. The molecule has 0 saturated heterocycles. The number of hydrogen-bond donors (Lipinski definition) is 1.